The zero-order chi connectivity index (χ0) is 21.6. The maximum Gasteiger partial charge on any atom is 0.231 e. The maximum absolute atomic E-state index is 12.5. The molecule has 1 aromatic carbocycles. The minimum absolute atomic E-state index is 0.00429. The van der Waals surface area contributed by atoms with Gasteiger partial charge in [-0.15, -0.1) is 10.2 Å². The first-order valence-corrected chi connectivity index (χ1v) is 10.6. The van der Waals surface area contributed by atoms with Crippen molar-refractivity contribution in [2.75, 3.05) is 5.75 Å². The van der Waals surface area contributed by atoms with E-state index in [0.717, 1.165) is 11.1 Å². The highest BCUT2D eigenvalue weighted by molar-refractivity contribution is 7.99. The molecule has 0 spiro atoms. The summed E-state index contributed by atoms with van der Waals surface area (Å²) in [6.45, 7) is 6.13. The van der Waals surface area contributed by atoms with E-state index in [1.54, 1.807) is 19.3 Å². The monoisotopic (exact) mass is 420 g/mol. The molecule has 0 fully saturated rings. The van der Waals surface area contributed by atoms with Gasteiger partial charge in [-0.25, -0.2) is 0 Å². The van der Waals surface area contributed by atoms with Crippen molar-refractivity contribution < 1.29 is 4.79 Å². The molecule has 3 rings (SSSR count). The summed E-state index contributed by atoms with van der Waals surface area (Å²) in [6, 6.07) is 16.0. The first-order chi connectivity index (χ1) is 14.4. The molecule has 1 N–H and O–H groups in total. The number of carbonyl (C=O) groups excluding carboxylic acids is 1. The van der Waals surface area contributed by atoms with E-state index in [0.29, 0.717) is 17.5 Å². The Morgan fingerprint density at radius 2 is 2.00 bits per heavy atom. The summed E-state index contributed by atoms with van der Waals surface area (Å²) in [5.74, 6) is 0.619. The van der Waals surface area contributed by atoms with E-state index in [-0.39, 0.29) is 17.6 Å². The Balaban J connectivity index is 1.82. The molecular formula is C22H24N6OS. The Morgan fingerprint density at radius 3 is 2.63 bits per heavy atom. The van der Waals surface area contributed by atoms with Crippen LogP contribution in [0.5, 0.6) is 0 Å². The highest BCUT2D eigenvalue weighted by Gasteiger charge is 2.30. The quantitative estimate of drug-likeness (QED) is 0.560. The molecule has 154 valence electrons. The lowest BCUT2D eigenvalue weighted by molar-refractivity contribution is -0.120. The van der Waals surface area contributed by atoms with Crippen molar-refractivity contribution >= 4 is 17.7 Å². The Hall–Kier alpha value is -3.18. The first kappa shape index (κ1) is 21.5. The predicted octanol–water partition coefficient (Wildman–Crippen LogP) is 3.53. The van der Waals surface area contributed by atoms with Gasteiger partial charge in [-0.05, 0) is 30.5 Å². The fourth-order valence-corrected chi connectivity index (χ4v) is 3.51. The van der Waals surface area contributed by atoms with Crippen LogP contribution in [0, 0.1) is 17.2 Å². The Labute approximate surface area is 180 Å². The number of benzene rings is 1. The minimum Gasteiger partial charge on any atom is -0.337 e. The molecule has 30 heavy (non-hydrogen) atoms. The van der Waals surface area contributed by atoms with E-state index < -0.39 is 5.54 Å². The van der Waals surface area contributed by atoms with Gasteiger partial charge in [-0.2, -0.15) is 5.26 Å². The molecule has 7 nitrogen and oxygen atoms in total. The molecule has 0 aliphatic rings. The molecule has 0 saturated carbocycles. The van der Waals surface area contributed by atoms with Gasteiger partial charge in [0, 0.05) is 18.0 Å². The number of rotatable bonds is 8. The third kappa shape index (κ3) is 5.05. The van der Waals surface area contributed by atoms with Crippen LogP contribution in [0.15, 0.2) is 60.0 Å². The smallest absolute Gasteiger partial charge is 0.231 e. The second-order valence-electron chi connectivity index (χ2n) is 7.43. The summed E-state index contributed by atoms with van der Waals surface area (Å²) in [4.78, 5) is 16.7. The Morgan fingerprint density at radius 1 is 1.23 bits per heavy atom. The van der Waals surface area contributed by atoms with E-state index >= 15 is 0 Å². The number of nitriles is 1. The fraction of sp³-hybridized carbons (Fsp3) is 0.318. The van der Waals surface area contributed by atoms with Crippen molar-refractivity contribution in [3.05, 3.63) is 60.4 Å². The summed E-state index contributed by atoms with van der Waals surface area (Å²) in [5.41, 5.74) is 1.05. The Bertz CT molecular complexity index is 1030. The SMILES string of the molecule is CC(C)C(C)(C#N)NC(=O)CSc1nnc(-c2cccnc2)n1Cc1ccccc1. The standard InChI is InChI=1S/C22H24N6OS/c1-16(2)22(3,15-23)25-19(29)14-30-21-27-26-20(18-10-7-11-24-12-18)28(21)13-17-8-5-4-6-9-17/h4-12,16H,13-14H2,1-3H3,(H,25,29). The molecule has 0 radical (unpaired) electrons. The number of carbonyl (C=O) groups is 1. The number of pyridine rings is 1. The zero-order valence-electron chi connectivity index (χ0n) is 17.2. The maximum atomic E-state index is 12.5. The first-order valence-electron chi connectivity index (χ1n) is 9.65. The van der Waals surface area contributed by atoms with Crippen molar-refractivity contribution in [3.63, 3.8) is 0 Å². The van der Waals surface area contributed by atoms with E-state index in [1.165, 1.54) is 11.8 Å². The second kappa shape index (κ2) is 9.55. The number of aromatic nitrogens is 4. The molecule has 0 aliphatic carbocycles. The van der Waals surface area contributed by atoms with Crippen LogP contribution >= 0.6 is 11.8 Å². The fourth-order valence-electron chi connectivity index (χ4n) is 2.77. The molecule has 1 unspecified atom stereocenters. The third-order valence-corrected chi connectivity index (χ3v) is 5.91. The molecule has 8 heteroatoms. The van der Waals surface area contributed by atoms with Crippen molar-refractivity contribution in [3.8, 4) is 17.5 Å². The largest absolute Gasteiger partial charge is 0.337 e. The average molecular weight is 421 g/mol. The zero-order valence-corrected chi connectivity index (χ0v) is 18.1. The molecular weight excluding hydrogens is 396 g/mol. The van der Waals surface area contributed by atoms with Gasteiger partial charge in [-0.1, -0.05) is 55.9 Å². The van der Waals surface area contributed by atoms with Crippen molar-refractivity contribution in [2.45, 2.75) is 38.0 Å². The summed E-state index contributed by atoms with van der Waals surface area (Å²) in [6.07, 6.45) is 3.45. The third-order valence-electron chi connectivity index (χ3n) is 4.94. The van der Waals surface area contributed by atoms with Crippen LogP contribution in [0.4, 0.5) is 0 Å². The lowest BCUT2D eigenvalue weighted by Crippen LogP contribution is -2.49. The van der Waals surface area contributed by atoms with Gasteiger partial charge in [0.2, 0.25) is 5.91 Å². The summed E-state index contributed by atoms with van der Waals surface area (Å²) < 4.78 is 1.98. The van der Waals surface area contributed by atoms with E-state index in [9.17, 15) is 10.1 Å². The minimum atomic E-state index is -0.907. The number of thioether (sulfide) groups is 1. The number of hydrogen-bond acceptors (Lipinski definition) is 6. The molecule has 0 bridgehead atoms. The van der Waals surface area contributed by atoms with Crippen LogP contribution in [0.1, 0.15) is 26.3 Å². The number of nitrogens with zero attached hydrogens (tertiary/aromatic N) is 5. The molecule has 2 aromatic heterocycles. The molecule has 2 heterocycles. The van der Waals surface area contributed by atoms with Crippen LogP contribution in [0.25, 0.3) is 11.4 Å². The number of amides is 1. The second-order valence-corrected chi connectivity index (χ2v) is 8.37. The van der Waals surface area contributed by atoms with Crippen LogP contribution < -0.4 is 5.32 Å². The van der Waals surface area contributed by atoms with Gasteiger partial charge >= 0.3 is 0 Å². The van der Waals surface area contributed by atoms with Gasteiger partial charge in [-0.3, -0.25) is 14.3 Å². The van der Waals surface area contributed by atoms with Gasteiger partial charge in [0.25, 0.3) is 0 Å². The lowest BCUT2D eigenvalue weighted by Gasteiger charge is -2.27. The van der Waals surface area contributed by atoms with E-state index in [1.807, 2.05) is 60.9 Å². The Kier molecular flexibility index (Phi) is 6.85. The van der Waals surface area contributed by atoms with Gasteiger partial charge in [0.05, 0.1) is 18.4 Å². The summed E-state index contributed by atoms with van der Waals surface area (Å²) in [7, 11) is 0. The van der Waals surface area contributed by atoms with Crippen LogP contribution in [0.3, 0.4) is 0 Å². The highest BCUT2D eigenvalue weighted by atomic mass is 32.2. The molecule has 3 aromatic rings. The number of nitrogens with one attached hydrogen (secondary N) is 1. The van der Waals surface area contributed by atoms with Crippen LogP contribution in [0.2, 0.25) is 0 Å². The highest BCUT2D eigenvalue weighted by Crippen LogP contribution is 2.25. The molecule has 1 amide bonds. The summed E-state index contributed by atoms with van der Waals surface area (Å²) in [5, 5.41) is 21.6. The summed E-state index contributed by atoms with van der Waals surface area (Å²) >= 11 is 1.30. The van der Waals surface area contributed by atoms with Gasteiger partial charge < -0.3 is 5.32 Å². The molecule has 1 atom stereocenters. The lowest BCUT2D eigenvalue weighted by atomic mass is 9.90. The predicted molar refractivity (Wildman–Crippen MR) is 117 cm³/mol. The van der Waals surface area contributed by atoms with Crippen molar-refractivity contribution in [1.29, 1.82) is 5.26 Å². The normalized spacial score (nSPS) is 12.9. The van der Waals surface area contributed by atoms with Crippen molar-refractivity contribution in [1.82, 2.24) is 25.1 Å². The number of hydrogen-bond donors (Lipinski definition) is 1. The topological polar surface area (TPSA) is 96.5 Å². The van der Waals surface area contributed by atoms with Crippen LogP contribution in [-0.4, -0.2) is 36.9 Å². The van der Waals surface area contributed by atoms with E-state index in [4.69, 9.17) is 0 Å². The average Bonchev–Trinajstić information content (AvgIpc) is 3.15. The molecule has 0 saturated heterocycles. The van der Waals surface area contributed by atoms with Crippen molar-refractivity contribution in [2.24, 2.45) is 5.92 Å². The van der Waals surface area contributed by atoms with Gasteiger partial charge in [0.1, 0.15) is 5.54 Å². The van der Waals surface area contributed by atoms with Gasteiger partial charge in [0.15, 0.2) is 11.0 Å². The van der Waals surface area contributed by atoms with E-state index in [2.05, 4.69) is 26.6 Å². The molecule has 0 aliphatic heterocycles. The van der Waals surface area contributed by atoms with Crippen LogP contribution in [-0.2, 0) is 11.3 Å².